The van der Waals surface area contributed by atoms with Gasteiger partial charge in [0.1, 0.15) is 5.75 Å². The van der Waals surface area contributed by atoms with Gasteiger partial charge < -0.3 is 9.47 Å². The number of carbonyl (C=O) groups excluding carboxylic acids is 1. The second kappa shape index (κ2) is 4.11. The number of hydrogen-bond acceptors (Lipinski definition) is 3. The molecule has 0 amide bonds. The van der Waals surface area contributed by atoms with Gasteiger partial charge in [0.15, 0.2) is 0 Å². The summed E-state index contributed by atoms with van der Waals surface area (Å²) in [6, 6.07) is 8.05. The van der Waals surface area contributed by atoms with Crippen LogP contribution in [0, 0.1) is 14.4 Å². The lowest BCUT2D eigenvalue weighted by molar-refractivity contribution is -0.233. The minimum absolute atomic E-state index is 0.0429. The highest BCUT2D eigenvalue weighted by Gasteiger charge is 2.72. The first-order chi connectivity index (χ1) is 8.57. The van der Waals surface area contributed by atoms with Crippen LogP contribution in [0.1, 0.15) is 19.3 Å². The molecule has 4 rings (SSSR count). The summed E-state index contributed by atoms with van der Waals surface area (Å²) in [6.07, 6.45) is 2.78. The molecule has 0 aromatic heterocycles. The van der Waals surface area contributed by atoms with Crippen LogP contribution in [0.4, 0.5) is 0 Å². The van der Waals surface area contributed by atoms with Crippen molar-refractivity contribution in [2.45, 2.75) is 19.3 Å². The molecule has 0 radical (unpaired) electrons. The number of ether oxygens (including phenoxy) is 2. The zero-order valence-corrected chi connectivity index (χ0v) is 12.4. The summed E-state index contributed by atoms with van der Waals surface area (Å²) < 4.78 is 11.8. The summed E-state index contributed by atoms with van der Waals surface area (Å²) in [4.78, 5) is 11.5. The fraction of sp³-hybridized carbons (Fsp3) is 0.500. The predicted molar refractivity (Wildman–Crippen MR) is 75.4 cm³/mol. The highest BCUT2D eigenvalue weighted by molar-refractivity contribution is 14.1. The number of esters is 1. The Balaban J connectivity index is 1.53. The molecule has 3 aliphatic rings. The first-order valence-corrected chi connectivity index (χ1v) is 7.12. The van der Waals surface area contributed by atoms with E-state index < -0.39 is 0 Å². The molecule has 0 N–H and O–H groups in total. The molecule has 1 aromatic rings. The Kier molecular flexibility index (Phi) is 2.80. The summed E-state index contributed by atoms with van der Waals surface area (Å²) in [6.45, 7) is 0.715. The van der Waals surface area contributed by atoms with Crippen molar-refractivity contribution in [2.24, 2.45) is 10.8 Å². The number of hydrogen-bond donors (Lipinski definition) is 0. The van der Waals surface area contributed by atoms with Crippen molar-refractivity contribution >= 4 is 28.6 Å². The lowest BCUT2D eigenvalue weighted by atomic mass is 9.35. The van der Waals surface area contributed by atoms with Gasteiger partial charge in [-0.05, 0) is 66.1 Å². The first-order valence-electron chi connectivity index (χ1n) is 6.04. The van der Waals surface area contributed by atoms with Crippen LogP contribution in [0.15, 0.2) is 24.3 Å². The van der Waals surface area contributed by atoms with Gasteiger partial charge in [-0.3, -0.25) is 4.79 Å². The number of benzene rings is 1. The van der Waals surface area contributed by atoms with Crippen molar-refractivity contribution < 1.29 is 14.3 Å². The van der Waals surface area contributed by atoms with Gasteiger partial charge >= 0.3 is 5.97 Å². The van der Waals surface area contributed by atoms with E-state index in [1.807, 2.05) is 24.3 Å². The van der Waals surface area contributed by atoms with Gasteiger partial charge in [-0.2, -0.15) is 0 Å². The van der Waals surface area contributed by atoms with Crippen LogP contribution in [0.5, 0.6) is 5.75 Å². The summed E-state index contributed by atoms with van der Waals surface area (Å²) in [7, 11) is 1.47. The molecule has 0 unspecified atom stereocenters. The van der Waals surface area contributed by atoms with Crippen LogP contribution in [0.25, 0.3) is 0 Å². The standard InChI is InChI=1S/C14H15IO3/c1-17-12(16)14-6-13(7-14,8-14)9-18-11-4-2-10(15)3-5-11/h2-5H,6-9H2,1H3. The number of rotatable bonds is 4. The molecule has 0 saturated heterocycles. The van der Waals surface area contributed by atoms with Gasteiger partial charge in [0, 0.05) is 8.99 Å². The fourth-order valence-corrected chi connectivity index (χ4v) is 3.71. The second-order valence-corrected chi connectivity index (χ2v) is 6.79. The lowest BCUT2D eigenvalue weighted by Crippen LogP contribution is -2.67. The molecule has 3 saturated carbocycles. The molecule has 3 nitrogen and oxygen atoms in total. The molecule has 96 valence electrons. The van der Waals surface area contributed by atoms with Crippen LogP contribution in [0.3, 0.4) is 0 Å². The van der Waals surface area contributed by atoms with E-state index >= 15 is 0 Å². The van der Waals surface area contributed by atoms with E-state index in [4.69, 9.17) is 9.47 Å². The van der Waals surface area contributed by atoms with Crippen LogP contribution in [-0.2, 0) is 9.53 Å². The highest BCUT2D eigenvalue weighted by atomic mass is 127. The first kappa shape index (κ1) is 12.3. The number of carbonyl (C=O) groups is 1. The summed E-state index contributed by atoms with van der Waals surface area (Å²) in [5, 5.41) is 0. The Morgan fingerprint density at radius 1 is 1.28 bits per heavy atom. The second-order valence-electron chi connectivity index (χ2n) is 5.54. The number of halogens is 1. The molecular weight excluding hydrogens is 343 g/mol. The smallest absolute Gasteiger partial charge is 0.311 e. The third-order valence-electron chi connectivity index (χ3n) is 4.12. The van der Waals surface area contributed by atoms with Crippen molar-refractivity contribution in [1.29, 1.82) is 0 Å². The van der Waals surface area contributed by atoms with Crippen molar-refractivity contribution in [3.63, 3.8) is 0 Å². The fourth-order valence-electron chi connectivity index (χ4n) is 3.35. The van der Waals surface area contributed by atoms with E-state index in [0.29, 0.717) is 6.61 Å². The van der Waals surface area contributed by atoms with Crippen LogP contribution in [0.2, 0.25) is 0 Å². The third-order valence-corrected chi connectivity index (χ3v) is 4.84. The zero-order chi connectivity index (χ0) is 12.8. The molecule has 0 atom stereocenters. The van der Waals surface area contributed by atoms with Crippen molar-refractivity contribution in [3.05, 3.63) is 27.8 Å². The van der Waals surface area contributed by atoms with E-state index in [9.17, 15) is 4.79 Å². The highest BCUT2D eigenvalue weighted by Crippen LogP contribution is 2.73. The van der Waals surface area contributed by atoms with Crippen LogP contribution < -0.4 is 4.74 Å². The molecular formula is C14H15IO3. The van der Waals surface area contributed by atoms with Gasteiger partial charge in [0.05, 0.1) is 19.1 Å². The molecule has 4 heteroatoms. The van der Waals surface area contributed by atoms with Gasteiger partial charge in [-0.25, -0.2) is 0 Å². The molecule has 1 aromatic carbocycles. The topological polar surface area (TPSA) is 35.5 Å². The molecule has 2 bridgehead atoms. The summed E-state index contributed by atoms with van der Waals surface area (Å²) >= 11 is 2.27. The largest absolute Gasteiger partial charge is 0.493 e. The van der Waals surface area contributed by atoms with E-state index in [2.05, 4.69) is 22.6 Å². The summed E-state index contributed by atoms with van der Waals surface area (Å²) in [5.41, 5.74) is 0.0708. The Morgan fingerprint density at radius 3 is 2.44 bits per heavy atom. The summed E-state index contributed by atoms with van der Waals surface area (Å²) in [5.74, 6) is 0.867. The SMILES string of the molecule is COC(=O)C12CC(COc3ccc(I)cc3)(C1)C2. The van der Waals surface area contributed by atoms with Crippen LogP contribution in [-0.4, -0.2) is 19.7 Å². The van der Waals surface area contributed by atoms with E-state index in [0.717, 1.165) is 25.0 Å². The van der Waals surface area contributed by atoms with Gasteiger partial charge in [0.25, 0.3) is 0 Å². The van der Waals surface area contributed by atoms with Gasteiger partial charge in [0.2, 0.25) is 0 Å². The van der Waals surface area contributed by atoms with Gasteiger partial charge in [-0.15, -0.1) is 0 Å². The average Bonchev–Trinajstić information content (AvgIpc) is 2.27. The minimum Gasteiger partial charge on any atom is -0.493 e. The van der Waals surface area contributed by atoms with Crippen LogP contribution >= 0.6 is 22.6 Å². The monoisotopic (exact) mass is 358 g/mol. The Hall–Kier alpha value is -0.780. The maximum absolute atomic E-state index is 11.5. The Labute approximate surface area is 120 Å². The van der Waals surface area contributed by atoms with Gasteiger partial charge in [-0.1, -0.05) is 0 Å². The van der Waals surface area contributed by atoms with E-state index in [1.54, 1.807) is 0 Å². The molecule has 0 heterocycles. The molecule has 3 aliphatic carbocycles. The maximum Gasteiger partial charge on any atom is 0.311 e. The zero-order valence-electron chi connectivity index (χ0n) is 10.2. The quantitative estimate of drug-likeness (QED) is 0.613. The van der Waals surface area contributed by atoms with E-state index in [-0.39, 0.29) is 16.8 Å². The molecule has 0 spiro atoms. The maximum atomic E-state index is 11.5. The molecule has 0 aliphatic heterocycles. The number of methoxy groups -OCH3 is 1. The molecule has 3 fully saturated rings. The average molecular weight is 358 g/mol. The van der Waals surface area contributed by atoms with Crippen molar-refractivity contribution in [1.82, 2.24) is 0 Å². The minimum atomic E-state index is -0.163. The third kappa shape index (κ3) is 1.81. The lowest BCUT2D eigenvalue weighted by Gasteiger charge is -2.68. The normalized spacial score (nSPS) is 32.1. The van der Waals surface area contributed by atoms with Crippen molar-refractivity contribution in [3.8, 4) is 5.75 Å². The Bertz CT molecular complexity index is 461. The Morgan fingerprint density at radius 2 is 1.89 bits per heavy atom. The molecule has 18 heavy (non-hydrogen) atoms. The van der Waals surface area contributed by atoms with E-state index in [1.165, 1.54) is 10.7 Å². The van der Waals surface area contributed by atoms with Crippen molar-refractivity contribution in [2.75, 3.05) is 13.7 Å². The predicted octanol–water partition coefficient (Wildman–Crippen LogP) is 3.01.